The molecule has 0 amide bonds. The molecular formula is C34H33BrO5. The normalized spacial score (nSPS) is 10.8. The van der Waals surface area contributed by atoms with Crippen molar-refractivity contribution in [3.05, 3.63) is 127 Å². The molecule has 40 heavy (non-hydrogen) atoms. The number of benzene rings is 4. The van der Waals surface area contributed by atoms with E-state index in [1.54, 1.807) is 0 Å². The number of aryl methyl sites for hydroxylation is 1. The van der Waals surface area contributed by atoms with Crippen LogP contribution in [0.3, 0.4) is 0 Å². The van der Waals surface area contributed by atoms with E-state index in [0.717, 1.165) is 33.6 Å². The van der Waals surface area contributed by atoms with Gasteiger partial charge in [-0.05, 0) is 102 Å². The van der Waals surface area contributed by atoms with E-state index < -0.39 is 11.9 Å². The van der Waals surface area contributed by atoms with E-state index in [1.807, 2.05) is 108 Å². The summed E-state index contributed by atoms with van der Waals surface area (Å²) in [4.78, 5) is 26.6. The second kappa shape index (κ2) is 12.5. The Balaban J connectivity index is 1.57. The van der Waals surface area contributed by atoms with Crippen molar-refractivity contribution >= 4 is 27.9 Å². The third-order valence-electron chi connectivity index (χ3n) is 7.27. The summed E-state index contributed by atoms with van der Waals surface area (Å²) in [5.74, 6) is 0.268. The van der Waals surface area contributed by atoms with Crippen LogP contribution in [0.1, 0.15) is 65.2 Å². The number of rotatable bonds is 8. The van der Waals surface area contributed by atoms with Crippen LogP contribution in [-0.2, 0) is 18.0 Å². The van der Waals surface area contributed by atoms with Crippen LogP contribution >= 0.6 is 15.9 Å². The molecule has 0 bridgehead atoms. The lowest BCUT2D eigenvalue weighted by Crippen LogP contribution is -2.17. The van der Waals surface area contributed by atoms with Crippen LogP contribution in [0.2, 0.25) is 0 Å². The smallest absolute Gasteiger partial charge is 0.344 e. The minimum Gasteiger partial charge on any atom is -0.489 e. The zero-order chi connectivity index (χ0) is 29.0. The summed E-state index contributed by atoms with van der Waals surface area (Å²) in [5, 5.41) is 0. The number of halogens is 1. The molecule has 4 aromatic carbocycles. The van der Waals surface area contributed by atoms with Crippen LogP contribution in [0, 0.1) is 41.5 Å². The summed E-state index contributed by atoms with van der Waals surface area (Å²) < 4.78 is 18.2. The Morgan fingerprint density at radius 3 is 1.80 bits per heavy atom. The Hall–Kier alpha value is -3.90. The molecule has 4 aromatic rings. The van der Waals surface area contributed by atoms with Crippen molar-refractivity contribution in [3.63, 3.8) is 0 Å². The molecule has 6 heteroatoms. The molecule has 0 saturated carbocycles. The molecule has 0 aliphatic rings. The van der Waals surface area contributed by atoms with E-state index >= 15 is 0 Å². The maximum atomic E-state index is 13.5. The first-order valence-corrected chi connectivity index (χ1v) is 13.9. The van der Waals surface area contributed by atoms with Crippen LogP contribution in [0.4, 0.5) is 0 Å². The molecule has 0 radical (unpaired) electrons. The summed E-state index contributed by atoms with van der Waals surface area (Å²) in [6.45, 7) is 11.8. The molecule has 206 valence electrons. The maximum absolute atomic E-state index is 13.5. The fourth-order valence-electron chi connectivity index (χ4n) is 4.67. The molecule has 0 aromatic heterocycles. The first kappa shape index (κ1) is 29.1. The third kappa shape index (κ3) is 6.13. The zero-order valence-electron chi connectivity index (χ0n) is 23.7. The van der Waals surface area contributed by atoms with Crippen molar-refractivity contribution in [2.24, 2.45) is 0 Å². The topological polar surface area (TPSA) is 61.8 Å². The standard InChI is InChI=1S/C34H33BrO5/c1-20-17-28(38-18-26-13-9-7-10-14-26)21(2)22(3)29(20)34(37)40-32-24(5)23(4)30(31(35)25(32)6)33(36)39-19-27-15-11-8-12-16-27/h7-17H,18-19H2,1-6H3. The van der Waals surface area contributed by atoms with Crippen LogP contribution < -0.4 is 9.47 Å². The number of hydrogen-bond donors (Lipinski definition) is 0. The van der Waals surface area contributed by atoms with Gasteiger partial charge in [0.1, 0.15) is 24.7 Å². The third-order valence-corrected chi connectivity index (χ3v) is 8.26. The van der Waals surface area contributed by atoms with Crippen molar-refractivity contribution in [2.75, 3.05) is 0 Å². The molecule has 0 N–H and O–H groups in total. The van der Waals surface area contributed by atoms with Gasteiger partial charge in [-0.1, -0.05) is 60.7 Å². The summed E-state index contributed by atoms with van der Waals surface area (Å²) in [5.41, 5.74) is 7.40. The minimum atomic E-state index is -0.454. The average molecular weight is 602 g/mol. The van der Waals surface area contributed by atoms with Crippen molar-refractivity contribution < 1.29 is 23.8 Å². The Morgan fingerprint density at radius 1 is 0.650 bits per heavy atom. The van der Waals surface area contributed by atoms with Gasteiger partial charge in [-0.15, -0.1) is 0 Å². The average Bonchev–Trinajstić information content (AvgIpc) is 2.95. The Labute approximate surface area is 244 Å². The maximum Gasteiger partial charge on any atom is 0.344 e. The fourth-order valence-corrected chi connectivity index (χ4v) is 5.31. The molecule has 4 rings (SSSR count). The van der Waals surface area contributed by atoms with Gasteiger partial charge in [-0.25, -0.2) is 9.59 Å². The van der Waals surface area contributed by atoms with Gasteiger partial charge < -0.3 is 14.2 Å². The highest BCUT2D eigenvalue weighted by atomic mass is 79.9. The summed E-state index contributed by atoms with van der Waals surface area (Å²) >= 11 is 3.57. The highest BCUT2D eigenvalue weighted by Gasteiger charge is 2.26. The minimum absolute atomic E-state index is 0.170. The second-order valence-electron chi connectivity index (χ2n) is 9.94. The van der Waals surface area contributed by atoms with Gasteiger partial charge in [0.05, 0.1) is 11.1 Å². The number of carbonyl (C=O) groups excluding carboxylic acids is 2. The summed E-state index contributed by atoms with van der Waals surface area (Å²) in [7, 11) is 0. The van der Waals surface area contributed by atoms with Gasteiger partial charge in [-0.2, -0.15) is 0 Å². The number of hydrogen-bond acceptors (Lipinski definition) is 5. The zero-order valence-corrected chi connectivity index (χ0v) is 25.3. The Kier molecular flexibility index (Phi) is 9.10. The molecule has 0 aliphatic heterocycles. The van der Waals surface area contributed by atoms with Crippen LogP contribution in [0.15, 0.2) is 71.2 Å². The molecule has 0 unspecified atom stereocenters. The van der Waals surface area contributed by atoms with Crippen LogP contribution in [0.5, 0.6) is 11.5 Å². The summed E-state index contributed by atoms with van der Waals surface area (Å²) in [6, 6.07) is 21.4. The highest BCUT2D eigenvalue weighted by molar-refractivity contribution is 9.10. The fraction of sp³-hybridized carbons (Fsp3) is 0.235. The van der Waals surface area contributed by atoms with Crippen molar-refractivity contribution in [3.8, 4) is 11.5 Å². The van der Waals surface area contributed by atoms with Gasteiger partial charge in [0.2, 0.25) is 0 Å². The van der Waals surface area contributed by atoms with Gasteiger partial charge in [0, 0.05) is 10.0 Å². The van der Waals surface area contributed by atoms with E-state index in [2.05, 4.69) is 15.9 Å². The van der Waals surface area contributed by atoms with E-state index in [1.165, 1.54) is 0 Å². The molecule has 0 atom stereocenters. The monoisotopic (exact) mass is 600 g/mol. The first-order chi connectivity index (χ1) is 19.1. The largest absolute Gasteiger partial charge is 0.489 e. The highest BCUT2D eigenvalue weighted by Crippen LogP contribution is 2.38. The predicted molar refractivity (Wildman–Crippen MR) is 160 cm³/mol. The van der Waals surface area contributed by atoms with Gasteiger partial charge >= 0.3 is 11.9 Å². The molecule has 0 saturated heterocycles. The molecule has 0 spiro atoms. The molecule has 5 nitrogen and oxygen atoms in total. The van der Waals surface area contributed by atoms with Gasteiger partial charge in [0.15, 0.2) is 0 Å². The van der Waals surface area contributed by atoms with Crippen LogP contribution in [0.25, 0.3) is 0 Å². The van der Waals surface area contributed by atoms with Crippen molar-refractivity contribution in [2.45, 2.75) is 54.8 Å². The van der Waals surface area contributed by atoms with Crippen LogP contribution in [-0.4, -0.2) is 11.9 Å². The van der Waals surface area contributed by atoms with Gasteiger partial charge in [-0.3, -0.25) is 0 Å². The molecule has 0 fully saturated rings. The van der Waals surface area contributed by atoms with Gasteiger partial charge in [0.25, 0.3) is 0 Å². The predicted octanol–water partition coefficient (Wildman–Crippen LogP) is 8.45. The first-order valence-electron chi connectivity index (χ1n) is 13.1. The van der Waals surface area contributed by atoms with E-state index in [0.29, 0.717) is 44.6 Å². The van der Waals surface area contributed by atoms with E-state index in [-0.39, 0.29) is 6.61 Å². The number of ether oxygens (including phenoxy) is 3. The van der Waals surface area contributed by atoms with Crippen molar-refractivity contribution in [1.82, 2.24) is 0 Å². The lowest BCUT2D eigenvalue weighted by atomic mass is 9.96. The lowest BCUT2D eigenvalue weighted by molar-refractivity contribution is 0.0470. The lowest BCUT2D eigenvalue weighted by Gasteiger charge is -2.20. The SMILES string of the molecule is Cc1cc(OCc2ccccc2)c(C)c(C)c1C(=O)Oc1c(C)c(C)c(C(=O)OCc2ccccc2)c(Br)c1C. The number of esters is 2. The molecule has 0 aliphatic carbocycles. The molecular weight excluding hydrogens is 568 g/mol. The summed E-state index contributed by atoms with van der Waals surface area (Å²) in [6.07, 6.45) is 0. The Morgan fingerprint density at radius 2 is 1.20 bits per heavy atom. The quantitative estimate of drug-likeness (QED) is 0.150. The number of carbonyl (C=O) groups is 2. The van der Waals surface area contributed by atoms with E-state index in [4.69, 9.17) is 14.2 Å². The Bertz CT molecular complexity index is 1530. The van der Waals surface area contributed by atoms with Crippen molar-refractivity contribution in [1.29, 1.82) is 0 Å². The van der Waals surface area contributed by atoms with E-state index in [9.17, 15) is 9.59 Å². The second-order valence-corrected chi connectivity index (χ2v) is 10.7. The molecule has 0 heterocycles.